The van der Waals surface area contributed by atoms with Crippen molar-refractivity contribution >= 4 is 17.2 Å². The number of benzene rings is 1. The van der Waals surface area contributed by atoms with Gasteiger partial charge in [-0.05, 0) is 24.6 Å². The second kappa shape index (κ2) is 7.99. The number of amides is 1. The number of aromatic nitrogens is 3. The minimum absolute atomic E-state index is 0.0604. The smallest absolute Gasteiger partial charge is 0.278 e. The number of rotatable bonds is 4. The van der Waals surface area contributed by atoms with E-state index < -0.39 is 17.1 Å². The molecule has 3 aromatic rings. The van der Waals surface area contributed by atoms with Crippen molar-refractivity contribution in [2.75, 3.05) is 31.3 Å². The molecule has 0 saturated carbocycles. The van der Waals surface area contributed by atoms with E-state index in [9.17, 15) is 19.1 Å². The number of ether oxygens (including phenoxy) is 1. The van der Waals surface area contributed by atoms with Crippen molar-refractivity contribution < 1.29 is 19.0 Å². The molecule has 0 unspecified atom stereocenters. The fourth-order valence-corrected chi connectivity index (χ4v) is 4.94. The summed E-state index contributed by atoms with van der Waals surface area (Å²) in [7, 11) is 0. The number of carbonyl (C=O) groups is 1. The lowest BCUT2D eigenvalue weighted by Gasteiger charge is -2.48. The number of carbonyl (C=O) groups excluding carboxylic acids is 1. The molecule has 1 fully saturated rings. The van der Waals surface area contributed by atoms with Crippen LogP contribution in [0.15, 0.2) is 35.3 Å². The van der Waals surface area contributed by atoms with E-state index in [-0.39, 0.29) is 23.2 Å². The number of nitrogens with zero attached hydrogens (tertiary/aromatic N) is 5. The highest BCUT2D eigenvalue weighted by atomic mass is 32.1. The van der Waals surface area contributed by atoms with E-state index in [1.54, 1.807) is 27.9 Å². The van der Waals surface area contributed by atoms with Crippen LogP contribution in [0.3, 0.4) is 0 Å². The normalized spacial score (nSPS) is 17.9. The van der Waals surface area contributed by atoms with Gasteiger partial charge in [0, 0.05) is 19.2 Å². The van der Waals surface area contributed by atoms with Gasteiger partial charge in [0.2, 0.25) is 5.43 Å². The third-order valence-corrected chi connectivity index (χ3v) is 6.60. The molecule has 1 atom stereocenters. The molecule has 1 amide bonds. The van der Waals surface area contributed by atoms with Crippen molar-refractivity contribution in [3.63, 3.8) is 0 Å². The summed E-state index contributed by atoms with van der Waals surface area (Å²) in [5.74, 6) is -1.34. The molecule has 32 heavy (non-hydrogen) atoms. The maximum absolute atomic E-state index is 13.1. The van der Waals surface area contributed by atoms with Crippen LogP contribution in [0.25, 0.3) is 10.6 Å². The second-order valence-corrected chi connectivity index (χ2v) is 8.59. The Bertz CT molecular complexity index is 1240. The average molecular weight is 457 g/mol. The van der Waals surface area contributed by atoms with Crippen LogP contribution in [0.2, 0.25) is 0 Å². The molecule has 11 heteroatoms. The summed E-state index contributed by atoms with van der Waals surface area (Å²) in [5, 5.41) is 21.9. The van der Waals surface area contributed by atoms with Crippen molar-refractivity contribution in [2.45, 2.75) is 19.5 Å². The zero-order valence-corrected chi connectivity index (χ0v) is 18.0. The summed E-state index contributed by atoms with van der Waals surface area (Å²) in [5.41, 5.74) is 0.296. The molecule has 1 saturated heterocycles. The Morgan fingerprint density at radius 2 is 2.03 bits per heavy atom. The molecule has 1 aromatic carbocycles. The number of halogens is 1. The number of fused-ring (bicyclic) bond motifs is 3. The van der Waals surface area contributed by atoms with Gasteiger partial charge in [0.05, 0.1) is 25.3 Å². The largest absolute Gasteiger partial charge is 0.502 e. The summed E-state index contributed by atoms with van der Waals surface area (Å²) in [6, 6.07) is 6.08. The van der Waals surface area contributed by atoms with Crippen molar-refractivity contribution in [3.8, 4) is 16.3 Å². The highest BCUT2D eigenvalue weighted by Gasteiger charge is 2.41. The third kappa shape index (κ3) is 3.33. The van der Waals surface area contributed by atoms with Crippen LogP contribution < -0.4 is 10.4 Å². The second-order valence-electron chi connectivity index (χ2n) is 7.53. The SMILES string of the molecule is CCN1C(=O)c2c(O)c(=O)c(-c3nnc(Cc4ccc(F)cc4)s3)cn2N2CCOC[C@@H]12. The summed E-state index contributed by atoms with van der Waals surface area (Å²) < 4.78 is 20.2. The molecule has 9 nitrogen and oxygen atoms in total. The first-order chi connectivity index (χ1) is 15.5. The van der Waals surface area contributed by atoms with Crippen molar-refractivity contribution in [3.05, 3.63) is 62.8 Å². The highest BCUT2D eigenvalue weighted by molar-refractivity contribution is 7.14. The Balaban J connectivity index is 1.55. The first-order valence-electron chi connectivity index (χ1n) is 10.2. The number of pyridine rings is 1. The first kappa shape index (κ1) is 20.6. The zero-order valence-electron chi connectivity index (χ0n) is 17.2. The molecule has 2 aliphatic heterocycles. The number of aromatic hydroxyl groups is 1. The van der Waals surface area contributed by atoms with Gasteiger partial charge in [-0.15, -0.1) is 10.2 Å². The van der Waals surface area contributed by atoms with Crippen LogP contribution >= 0.6 is 11.3 Å². The zero-order chi connectivity index (χ0) is 22.4. The predicted octanol–water partition coefficient (Wildman–Crippen LogP) is 1.57. The van der Waals surface area contributed by atoms with Crippen LogP contribution in [-0.2, 0) is 11.2 Å². The van der Waals surface area contributed by atoms with Gasteiger partial charge in [-0.25, -0.2) is 4.39 Å². The Morgan fingerprint density at radius 1 is 1.25 bits per heavy atom. The Hall–Kier alpha value is -3.31. The van der Waals surface area contributed by atoms with Gasteiger partial charge < -0.3 is 14.7 Å². The standard InChI is InChI=1S/C21H20FN5O4S/c1-2-25-16-11-31-8-7-26(16)27-10-14(18(28)19(29)17(27)21(25)30)20-24-23-15(32-20)9-12-3-5-13(22)6-4-12/h3-6,10,16,29H,2,7-9,11H2,1H3/t16-/m0/s1. The van der Waals surface area contributed by atoms with Gasteiger partial charge in [-0.3, -0.25) is 19.3 Å². The van der Waals surface area contributed by atoms with E-state index >= 15 is 0 Å². The van der Waals surface area contributed by atoms with Gasteiger partial charge in [0.1, 0.15) is 17.0 Å². The molecule has 2 aromatic heterocycles. The van der Waals surface area contributed by atoms with Crippen molar-refractivity contribution in [1.29, 1.82) is 0 Å². The van der Waals surface area contributed by atoms with E-state index in [1.165, 1.54) is 23.5 Å². The van der Waals surface area contributed by atoms with E-state index in [1.807, 2.05) is 11.9 Å². The quantitative estimate of drug-likeness (QED) is 0.635. The predicted molar refractivity (Wildman–Crippen MR) is 115 cm³/mol. The molecule has 2 aliphatic rings. The van der Waals surface area contributed by atoms with Crippen LogP contribution in [0.1, 0.15) is 28.0 Å². The minimum atomic E-state index is -0.670. The van der Waals surface area contributed by atoms with Crippen LogP contribution in [-0.4, -0.2) is 63.3 Å². The summed E-state index contributed by atoms with van der Waals surface area (Å²) in [6.45, 7) is 3.55. The van der Waals surface area contributed by atoms with E-state index in [2.05, 4.69) is 10.2 Å². The van der Waals surface area contributed by atoms with Crippen molar-refractivity contribution in [1.82, 2.24) is 19.8 Å². The third-order valence-electron chi connectivity index (χ3n) is 5.65. The van der Waals surface area contributed by atoms with Crippen LogP contribution in [0.5, 0.6) is 5.75 Å². The maximum atomic E-state index is 13.1. The molecular formula is C21H20FN5O4S. The average Bonchev–Trinajstić information content (AvgIpc) is 3.26. The molecule has 0 radical (unpaired) electrons. The molecule has 0 bridgehead atoms. The Labute approximate surface area is 186 Å². The molecule has 4 heterocycles. The lowest BCUT2D eigenvalue weighted by Crippen LogP contribution is -2.65. The lowest BCUT2D eigenvalue weighted by atomic mass is 10.1. The van der Waals surface area contributed by atoms with Gasteiger partial charge in [-0.1, -0.05) is 23.5 Å². The fraction of sp³-hybridized carbons (Fsp3) is 0.333. The summed E-state index contributed by atoms with van der Waals surface area (Å²) in [4.78, 5) is 27.6. The van der Waals surface area contributed by atoms with Gasteiger partial charge in [0.15, 0.2) is 16.5 Å². The molecular weight excluding hydrogens is 437 g/mol. The molecule has 166 valence electrons. The van der Waals surface area contributed by atoms with Gasteiger partial charge >= 0.3 is 0 Å². The molecule has 1 N–H and O–H groups in total. The molecule has 0 aliphatic carbocycles. The van der Waals surface area contributed by atoms with Crippen LogP contribution in [0.4, 0.5) is 4.39 Å². The van der Waals surface area contributed by atoms with E-state index in [0.717, 1.165) is 5.56 Å². The lowest BCUT2D eigenvalue weighted by molar-refractivity contribution is 0.00584. The van der Waals surface area contributed by atoms with Gasteiger partial charge in [0.25, 0.3) is 5.91 Å². The van der Waals surface area contributed by atoms with Crippen molar-refractivity contribution in [2.24, 2.45) is 0 Å². The maximum Gasteiger partial charge on any atom is 0.278 e. The summed E-state index contributed by atoms with van der Waals surface area (Å²) >= 11 is 1.21. The molecule has 0 spiro atoms. The monoisotopic (exact) mass is 457 g/mol. The van der Waals surface area contributed by atoms with E-state index in [0.29, 0.717) is 42.7 Å². The number of likely N-dealkylation sites (N-methyl/N-ethyl adjacent to an activating group) is 1. The first-order valence-corrected chi connectivity index (χ1v) is 11.0. The highest BCUT2D eigenvalue weighted by Crippen LogP contribution is 2.30. The number of morpholine rings is 1. The summed E-state index contributed by atoms with van der Waals surface area (Å²) in [6.07, 6.45) is 1.65. The molecule has 5 rings (SSSR count). The minimum Gasteiger partial charge on any atom is -0.502 e. The Kier molecular flexibility index (Phi) is 5.14. The topological polar surface area (TPSA) is 101 Å². The Morgan fingerprint density at radius 3 is 2.78 bits per heavy atom. The fourth-order valence-electron chi connectivity index (χ4n) is 4.06. The number of hydrogen-bond donors (Lipinski definition) is 1. The van der Waals surface area contributed by atoms with E-state index in [4.69, 9.17) is 4.74 Å². The van der Waals surface area contributed by atoms with Gasteiger partial charge in [-0.2, -0.15) is 0 Å². The number of hydrogen-bond acceptors (Lipinski definition) is 8. The van der Waals surface area contributed by atoms with Crippen LogP contribution in [0, 0.1) is 5.82 Å².